The van der Waals surface area contributed by atoms with E-state index in [1.165, 1.54) is 4.88 Å². The summed E-state index contributed by atoms with van der Waals surface area (Å²) in [7, 11) is 1.66. The zero-order chi connectivity index (χ0) is 11.4. The second-order valence-electron chi connectivity index (χ2n) is 3.87. The number of carbonyl (C=O) groups excluding carboxylic acids is 1. The van der Waals surface area contributed by atoms with Gasteiger partial charge in [0.05, 0.1) is 4.88 Å². The number of rotatable bonds is 3. The fraction of sp³-hybridized carbons (Fsp3) is 0.545. The van der Waals surface area contributed by atoms with E-state index in [0.717, 1.165) is 37.6 Å². The van der Waals surface area contributed by atoms with Crippen LogP contribution in [0.1, 0.15) is 14.5 Å². The van der Waals surface area contributed by atoms with Crippen molar-refractivity contribution in [2.24, 2.45) is 0 Å². The molecular formula is C11H17N3OS. The first-order valence-corrected chi connectivity index (χ1v) is 6.35. The second-order valence-corrected chi connectivity index (χ2v) is 5.04. The molecule has 88 valence electrons. The first-order chi connectivity index (χ1) is 7.79. The van der Waals surface area contributed by atoms with E-state index in [9.17, 15) is 4.79 Å². The molecule has 1 aliphatic heterocycles. The predicted octanol–water partition coefficient (Wildman–Crippen LogP) is 0.513. The Kier molecular flexibility index (Phi) is 3.93. The van der Waals surface area contributed by atoms with Crippen LogP contribution in [-0.2, 0) is 6.54 Å². The van der Waals surface area contributed by atoms with Crippen molar-refractivity contribution in [2.45, 2.75) is 6.54 Å². The average Bonchev–Trinajstić information content (AvgIpc) is 2.78. The van der Waals surface area contributed by atoms with Crippen molar-refractivity contribution in [3.8, 4) is 0 Å². The van der Waals surface area contributed by atoms with E-state index < -0.39 is 0 Å². The summed E-state index contributed by atoms with van der Waals surface area (Å²) < 4.78 is 0. The van der Waals surface area contributed by atoms with Gasteiger partial charge in [-0.05, 0) is 12.1 Å². The Hall–Kier alpha value is -0.910. The van der Waals surface area contributed by atoms with Crippen LogP contribution in [0.15, 0.2) is 12.1 Å². The Morgan fingerprint density at radius 3 is 2.94 bits per heavy atom. The number of amides is 1. The van der Waals surface area contributed by atoms with Crippen molar-refractivity contribution >= 4 is 17.2 Å². The number of carbonyl (C=O) groups is 1. The van der Waals surface area contributed by atoms with Gasteiger partial charge in [0.2, 0.25) is 0 Å². The molecule has 0 atom stereocenters. The Labute approximate surface area is 99.6 Å². The van der Waals surface area contributed by atoms with Gasteiger partial charge < -0.3 is 10.6 Å². The summed E-state index contributed by atoms with van der Waals surface area (Å²) in [6, 6.07) is 3.96. The zero-order valence-electron chi connectivity index (χ0n) is 9.45. The van der Waals surface area contributed by atoms with E-state index in [0.29, 0.717) is 0 Å². The molecule has 1 aromatic rings. The maximum absolute atomic E-state index is 11.4. The first-order valence-electron chi connectivity index (χ1n) is 5.53. The molecule has 0 bridgehead atoms. The standard InChI is InChI=1S/C11H17N3OS/c1-12-11(15)10-3-2-9(16-10)8-14-6-4-13-5-7-14/h2-3,13H,4-8H2,1H3,(H,12,15). The van der Waals surface area contributed by atoms with Crippen LogP contribution in [0.25, 0.3) is 0 Å². The van der Waals surface area contributed by atoms with Gasteiger partial charge >= 0.3 is 0 Å². The molecule has 0 aliphatic carbocycles. The summed E-state index contributed by atoms with van der Waals surface area (Å²) in [5.41, 5.74) is 0. The second kappa shape index (κ2) is 5.43. The Morgan fingerprint density at radius 2 is 2.25 bits per heavy atom. The molecule has 0 unspecified atom stereocenters. The van der Waals surface area contributed by atoms with Gasteiger partial charge in [0, 0.05) is 44.6 Å². The minimum atomic E-state index is 0.0107. The van der Waals surface area contributed by atoms with Crippen LogP contribution >= 0.6 is 11.3 Å². The van der Waals surface area contributed by atoms with Crippen LogP contribution in [0.5, 0.6) is 0 Å². The third-order valence-electron chi connectivity index (χ3n) is 2.70. The van der Waals surface area contributed by atoms with E-state index in [-0.39, 0.29) is 5.91 Å². The van der Waals surface area contributed by atoms with Crippen molar-refractivity contribution < 1.29 is 4.79 Å². The van der Waals surface area contributed by atoms with Crippen molar-refractivity contribution in [2.75, 3.05) is 33.2 Å². The van der Waals surface area contributed by atoms with E-state index in [2.05, 4.69) is 21.6 Å². The fourth-order valence-corrected chi connectivity index (χ4v) is 2.79. The fourth-order valence-electron chi connectivity index (χ4n) is 1.80. The topological polar surface area (TPSA) is 44.4 Å². The summed E-state index contributed by atoms with van der Waals surface area (Å²) in [5.74, 6) is 0.0107. The van der Waals surface area contributed by atoms with Gasteiger partial charge in [0.25, 0.3) is 5.91 Å². The normalized spacial score (nSPS) is 17.3. The van der Waals surface area contributed by atoms with Crippen LogP contribution in [0.3, 0.4) is 0 Å². The summed E-state index contributed by atoms with van der Waals surface area (Å²) in [6.45, 7) is 5.27. The number of hydrogen-bond donors (Lipinski definition) is 2. The lowest BCUT2D eigenvalue weighted by Gasteiger charge is -2.26. The molecule has 1 aliphatic rings. The quantitative estimate of drug-likeness (QED) is 0.808. The van der Waals surface area contributed by atoms with Crippen LogP contribution in [0.2, 0.25) is 0 Å². The monoisotopic (exact) mass is 239 g/mol. The van der Waals surface area contributed by atoms with Gasteiger partial charge in [-0.3, -0.25) is 9.69 Å². The molecule has 4 nitrogen and oxygen atoms in total. The minimum Gasteiger partial charge on any atom is -0.354 e. The molecule has 0 aromatic carbocycles. The molecule has 5 heteroatoms. The number of piperazine rings is 1. The molecular weight excluding hydrogens is 222 g/mol. The van der Waals surface area contributed by atoms with E-state index >= 15 is 0 Å². The molecule has 1 amide bonds. The number of nitrogens with zero attached hydrogens (tertiary/aromatic N) is 1. The van der Waals surface area contributed by atoms with Gasteiger partial charge in [-0.2, -0.15) is 0 Å². The highest BCUT2D eigenvalue weighted by Gasteiger charge is 2.12. The minimum absolute atomic E-state index is 0.0107. The van der Waals surface area contributed by atoms with Gasteiger partial charge in [-0.1, -0.05) is 0 Å². The first kappa shape index (κ1) is 11.6. The molecule has 0 radical (unpaired) electrons. The van der Waals surface area contributed by atoms with Crippen molar-refractivity contribution in [3.05, 3.63) is 21.9 Å². The Bertz CT molecular complexity index is 358. The SMILES string of the molecule is CNC(=O)c1ccc(CN2CCNCC2)s1. The lowest BCUT2D eigenvalue weighted by Crippen LogP contribution is -2.42. The van der Waals surface area contributed by atoms with Crippen molar-refractivity contribution in [1.29, 1.82) is 0 Å². The zero-order valence-corrected chi connectivity index (χ0v) is 10.3. The van der Waals surface area contributed by atoms with Crippen molar-refractivity contribution in [3.63, 3.8) is 0 Å². The molecule has 0 saturated carbocycles. The molecule has 1 aromatic heterocycles. The van der Waals surface area contributed by atoms with Gasteiger partial charge in [-0.25, -0.2) is 0 Å². The molecule has 2 N–H and O–H groups in total. The van der Waals surface area contributed by atoms with Gasteiger partial charge in [0.1, 0.15) is 0 Å². The lowest BCUT2D eigenvalue weighted by atomic mass is 10.3. The number of hydrogen-bond acceptors (Lipinski definition) is 4. The maximum atomic E-state index is 11.4. The van der Waals surface area contributed by atoms with Gasteiger partial charge in [-0.15, -0.1) is 11.3 Å². The third-order valence-corrected chi connectivity index (χ3v) is 3.77. The average molecular weight is 239 g/mol. The summed E-state index contributed by atoms with van der Waals surface area (Å²) >= 11 is 1.59. The summed E-state index contributed by atoms with van der Waals surface area (Å²) in [5, 5.41) is 5.98. The summed E-state index contributed by atoms with van der Waals surface area (Å²) in [6.07, 6.45) is 0. The maximum Gasteiger partial charge on any atom is 0.261 e. The highest BCUT2D eigenvalue weighted by molar-refractivity contribution is 7.14. The third kappa shape index (κ3) is 2.81. The predicted molar refractivity (Wildman–Crippen MR) is 65.9 cm³/mol. The van der Waals surface area contributed by atoms with E-state index in [1.807, 2.05) is 6.07 Å². The molecule has 0 spiro atoms. The number of nitrogens with one attached hydrogen (secondary N) is 2. The van der Waals surface area contributed by atoms with E-state index in [4.69, 9.17) is 0 Å². The highest BCUT2D eigenvalue weighted by Crippen LogP contribution is 2.18. The number of thiophene rings is 1. The van der Waals surface area contributed by atoms with E-state index in [1.54, 1.807) is 18.4 Å². The molecule has 1 fully saturated rings. The van der Waals surface area contributed by atoms with Gasteiger partial charge in [0.15, 0.2) is 0 Å². The van der Waals surface area contributed by atoms with Crippen LogP contribution in [0, 0.1) is 0 Å². The largest absolute Gasteiger partial charge is 0.354 e. The van der Waals surface area contributed by atoms with Crippen molar-refractivity contribution in [1.82, 2.24) is 15.5 Å². The molecule has 1 saturated heterocycles. The van der Waals surface area contributed by atoms with Crippen LogP contribution in [-0.4, -0.2) is 44.0 Å². The molecule has 2 heterocycles. The smallest absolute Gasteiger partial charge is 0.261 e. The molecule has 16 heavy (non-hydrogen) atoms. The van der Waals surface area contributed by atoms with Crippen LogP contribution < -0.4 is 10.6 Å². The molecule has 2 rings (SSSR count). The Balaban J connectivity index is 1.94. The highest BCUT2D eigenvalue weighted by atomic mass is 32.1. The van der Waals surface area contributed by atoms with Crippen LogP contribution in [0.4, 0.5) is 0 Å². The Morgan fingerprint density at radius 1 is 1.50 bits per heavy atom. The summed E-state index contributed by atoms with van der Waals surface area (Å²) in [4.78, 5) is 15.9. The lowest BCUT2D eigenvalue weighted by molar-refractivity contribution is 0.0967.